The number of carbonyl (C=O) groups is 3. The van der Waals surface area contributed by atoms with E-state index in [0.717, 1.165) is 43.0 Å². The molecule has 9 nitrogen and oxygen atoms in total. The Morgan fingerprint density at radius 2 is 1.76 bits per heavy atom. The predicted molar refractivity (Wildman–Crippen MR) is 135 cm³/mol. The SMILES string of the molecule is N#Cc1cnn(-c2ccc3ccccc3n2)c1NC(=O)c1ccc2c(c1)C(=O)N(C1CCCCC1)C2=O. The molecular formula is C28H22N6O3. The molecule has 182 valence electrons. The molecule has 1 aliphatic carbocycles. The molecule has 0 unspecified atom stereocenters. The van der Waals surface area contributed by atoms with Gasteiger partial charge in [-0.15, -0.1) is 0 Å². The number of amides is 3. The van der Waals surface area contributed by atoms with E-state index in [1.54, 1.807) is 6.07 Å². The zero-order valence-electron chi connectivity index (χ0n) is 19.8. The van der Waals surface area contributed by atoms with Crippen molar-refractivity contribution in [1.29, 1.82) is 5.26 Å². The summed E-state index contributed by atoms with van der Waals surface area (Å²) < 4.78 is 1.40. The van der Waals surface area contributed by atoms with Crippen LogP contribution in [0.5, 0.6) is 0 Å². The first-order chi connectivity index (χ1) is 18.0. The van der Waals surface area contributed by atoms with Crippen molar-refractivity contribution in [2.75, 3.05) is 5.32 Å². The van der Waals surface area contributed by atoms with Crippen molar-refractivity contribution in [3.8, 4) is 11.9 Å². The van der Waals surface area contributed by atoms with Gasteiger partial charge < -0.3 is 5.32 Å². The molecule has 3 amide bonds. The minimum absolute atomic E-state index is 0.0968. The molecule has 0 saturated heterocycles. The summed E-state index contributed by atoms with van der Waals surface area (Å²) in [5, 5.41) is 17.6. The normalized spacial score (nSPS) is 15.6. The Bertz CT molecular complexity index is 1630. The number of nitriles is 1. The molecule has 0 bridgehead atoms. The lowest BCUT2D eigenvalue weighted by Gasteiger charge is -2.29. The maximum atomic E-state index is 13.3. The molecular weight excluding hydrogens is 468 g/mol. The van der Waals surface area contributed by atoms with Gasteiger partial charge in [0, 0.05) is 17.0 Å². The molecule has 4 aromatic rings. The van der Waals surface area contributed by atoms with E-state index in [-0.39, 0.29) is 40.4 Å². The fourth-order valence-corrected chi connectivity index (χ4v) is 5.15. The number of hydrogen-bond acceptors (Lipinski definition) is 6. The van der Waals surface area contributed by atoms with Crippen molar-refractivity contribution in [3.63, 3.8) is 0 Å². The van der Waals surface area contributed by atoms with Gasteiger partial charge in [-0.2, -0.15) is 15.0 Å². The van der Waals surface area contributed by atoms with E-state index in [9.17, 15) is 19.6 Å². The fourth-order valence-electron chi connectivity index (χ4n) is 5.15. The Morgan fingerprint density at radius 1 is 0.973 bits per heavy atom. The summed E-state index contributed by atoms with van der Waals surface area (Å²) in [6.45, 7) is 0. The van der Waals surface area contributed by atoms with Gasteiger partial charge in [-0.05, 0) is 49.2 Å². The third kappa shape index (κ3) is 3.83. The van der Waals surface area contributed by atoms with Gasteiger partial charge in [0.25, 0.3) is 17.7 Å². The summed E-state index contributed by atoms with van der Waals surface area (Å²) in [6, 6.07) is 17.7. The number of carbonyl (C=O) groups excluding carboxylic acids is 3. The van der Waals surface area contributed by atoms with Crippen molar-refractivity contribution in [1.82, 2.24) is 19.7 Å². The Kier molecular flexibility index (Phi) is 5.49. The van der Waals surface area contributed by atoms with E-state index in [1.165, 1.54) is 34.0 Å². The molecule has 2 aromatic carbocycles. The van der Waals surface area contributed by atoms with E-state index in [2.05, 4.69) is 15.4 Å². The third-order valence-corrected chi connectivity index (χ3v) is 7.04. The average molecular weight is 491 g/mol. The molecule has 2 aromatic heterocycles. The van der Waals surface area contributed by atoms with Crippen molar-refractivity contribution >= 4 is 34.4 Å². The zero-order chi connectivity index (χ0) is 25.5. The van der Waals surface area contributed by atoms with Gasteiger partial charge in [0.15, 0.2) is 11.6 Å². The van der Waals surface area contributed by atoms with Crippen LogP contribution in [0.1, 0.15) is 68.7 Å². The minimum Gasteiger partial charge on any atom is -0.305 e. The highest BCUT2D eigenvalue weighted by molar-refractivity contribution is 6.22. The molecule has 1 saturated carbocycles. The predicted octanol–water partition coefficient (Wildman–Crippen LogP) is 4.47. The summed E-state index contributed by atoms with van der Waals surface area (Å²) in [7, 11) is 0. The fraction of sp³-hybridized carbons (Fsp3) is 0.214. The first-order valence-corrected chi connectivity index (χ1v) is 12.2. The molecule has 1 aliphatic heterocycles. The summed E-state index contributed by atoms with van der Waals surface area (Å²) in [4.78, 5) is 45.3. The molecule has 3 heterocycles. The number of anilines is 1. The van der Waals surface area contributed by atoms with Crippen LogP contribution in [0.4, 0.5) is 5.82 Å². The van der Waals surface area contributed by atoms with Crippen LogP contribution in [0.2, 0.25) is 0 Å². The van der Waals surface area contributed by atoms with Crippen LogP contribution in [0.25, 0.3) is 16.7 Å². The van der Waals surface area contributed by atoms with Crippen LogP contribution < -0.4 is 5.32 Å². The van der Waals surface area contributed by atoms with Crippen LogP contribution in [0, 0.1) is 11.3 Å². The van der Waals surface area contributed by atoms with Crippen molar-refractivity contribution in [3.05, 3.63) is 83.0 Å². The second-order valence-electron chi connectivity index (χ2n) is 9.28. The molecule has 1 fully saturated rings. The third-order valence-electron chi connectivity index (χ3n) is 7.04. The Hall–Kier alpha value is -4.84. The molecule has 37 heavy (non-hydrogen) atoms. The summed E-state index contributed by atoms with van der Waals surface area (Å²) in [5.74, 6) is -0.579. The van der Waals surface area contributed by atoms with Gasteiger partial charge in [0.2, 0.25) is 0 Å². The quantitative estimate of drug-likeness (QED) is 0.421. The highest BCUT2D eigenvalue weighted by Gasteiger charge is 2.40. The number of rotatable bonds is 4. The molecule has 0 spiro atoms. The van der Waals surface area contributed by atoms with Crippen molar-refractivity contribution in [2.45, 2.75) is 38.1 Å². The van der Waals surface area contributed by atoms with E-state index in [0.29, 0.717) is 11.4 Å². The first kappa shape index (κ1) is 22.6. The number of nitrogens with one attached hydrogen (secondary N) is 1. The van der Waals surface area contributed by atoms with Crippen LogP contribution >= 0.6 is 0 Å². The van der Waals surface area contributed by atoms with Gasteiger partial charge >= 0.3 is 0 Å². The lowest BCUT2D eigenvalue weighted by Crippen LogP contribution is -2.40. The molecule has 9 heteroatoms. The smallest absolute Gasteiger partial charge is 0.261 e. The molecule has 0 radical (unpaired) electrons. The summed E-state index contributed by atoms with van der Waals surface area (Å²) in [6.07, 6.45) is 6.07. The van der Waals surface area contributed by atoms with Gasteiger partial charge in [0.05, 0.1) is 22.8 Å². The van der Waals surface area contributed by atoms with Gasteiger partial charge in [-0.1, -0.05) is 37.5 Å². The Morgan fingerprint density at radius 3 is 2.57 bits per heavy atom. The zero-order valence-corrected chi connectivity index (χ0v) is 19.8. The van der Waals surface area contributed by atoms with E-state index in [4.69, 9.17) is 0 Å². The van der Waals surface area contributed by atoms with Crippen LogP contribution in [0.3, 0.4) is 0 Å². The average Bonchev–Trinajstić information content (AvgIpc) is 3.46. The summed E-state index contributed by atoms with van der Waals surface area (Å²) in [5.41, 5.74) is 1.66. The maximum absolute atomic E-state index is 13.3. The largest absolute Gasteiger partial charge is 0.305 e. The lowest BCUT2D eigenvalue weighted by molar-refractivity contribution is 0.0549. The number of nitrogens with zero attached hydrogens (tertiary/aromatic N) is 5. The molecule has 2 aliphatic rings. The Labute approximate surface area is 212 Å². The number of hydrogen-bond donors (Lipinski definition) is 1. The topological polar surface area (TPSA) is 121 Å². The highest BCUT2D eigenvalue weighted by atomic mass is 16.2. The number of pyridine rings is 1. The lowest BCUT2D eigenvalue weighted by atomic mass is 9.94. The number of aromatic nitrogens is 3. The van der Waals surface area contributed by atoms with Crippen LogP contribution in [0.15, 0.2) is 60.8 Å². The van der Waals surface area contributed by atoms with Crippen LogP contribution in [-0.4, -0.2) is 43.4 Å². The number of imide groups is 1. The van der Waals surface area contributed by atoms with E-state index in [1.807, 2.05) is 36.4 Å². The monoisotopic (exact) mass is 490 g/mol. The van der Waals surface area contributed by atoms with Gasteiger partial charge in [-0.3, -0.25) is 19.3 Å². The van der Waals surface area contributed by atoms with Crippen molar-refractivity contribution < 1.29 is 14.4 Å². The first-order valence-electron chi connectivity index (χ1n) is 12.2. The van der Waals surface area contributed by atoms with E-state index < -0.39 is 5.91 Å². The second-order valence-corrected chi connectivity index (χ2v) is 9.28. The molecule has 1 N–H and O–H groups in total. The van der Waals surface area contributed by atoms with E-state index >= 15 is 0 Å². The minimum atomic E-state index is -0.529. The van der Waals surface area contributed by atoms with Gasteiger partial charge in [-0.25, -0.2) is 4.98 Å². The number of benzene rings is 2. The number of fused-ring (bicyclic) bond motifs is 2. The van der Waals surface area contributed by atoms with Gasteiger partial charge in [0.1, 0.15) is 11.6 Å². The number of para-hydroxylation sites is 1. The molecule has 0 atom stereocenters. The summed E-state index contributed by atoms with van der Waals surface area (Å²) >= 11 is 0. The second kappa shape index (κ2) is 8.99. The highest BCUT2D eigenvalue weighted by Crippen LogP contribution is 2.32. The standard InChI is InChI=1S/C28H22N6O3/c29-15-19-16-30-34(24-13-11-17-6-4-5-9-23(17)31-24)25(19)32-26(35)18-10-12-21-22(14-18)28(37)33(27(21)36)20-7-2-1-3-8-20/h4-6,9-14,16,20H,1-3,7-8H2,(H,32,35). The van der Waals surface area contributed by atoms with Crippen LogP contribution in [-0.2, 0) is 0 Å². The molecule has 6 rings (SSSR count). The Balaban J connectivity index is 1.30. The maximum Gasteiger partial charge on any atom is 0.261 e. The van der Waals surface area contributed by atoms with Crippen molar-refractivity contribution in [2.24, 2.45) is 0 Å².